The molecule has 1 saturated heterocycles. The summed E-state index contributed by atoms with van der Waals surface area (Å²) in [6.07, 6.45) is 8.36. The fraction of sp³-hybridized carbons (Fsp3) is 0.429. The SMILES string of the molecule is Cc1ncc(S(=O)(=O)N2CCN(CC3CCCC3)C(c3cc4cnn(-c5ccc(F)cc5)c4cc3C)C2)s1. The van der Waals surface area contributed by atoms with Crippen molar-refractivity contribution >= 4 is 32.3 Å². The highest BCUT2D eigenvalue weighted by atomic mass is 32.2. The van der Waals surface area contributed by atoms with Gasteiger partial charge in [-0.15, -0.1) is 11.3 Å². The molecule has 200 valence electrons. The van der Waals surface area contributed by atoms with E-state index in [4.69, 9.17) is 0 Å². The average molecular weight is 554 g/mol. The number of hydrogen-bond acceptors (Lipinski definition) is 6. The summed E-state index contributed by atoms with van der Waals surface area (Å²) in [7, 11) is -3.61. The van der Waals surface area contributed by atoms with E-state index >= 15 is 0 Å². The van der Waals surface area contributed by atoms with Crippen molar-refractivity contribution in [2.24, 2.45) is 5.92 Å². The Morgan fingerprint density at radius 1 is 1.05 bits per heavy atom. The normalized spacial score (nSPS) is 20.0. The van der Waals surface area contributed by atoms with Crippen molar-refractivity contribution in [1.82, 2.24) is 24.0 Å². The summed E-state index contributed by atoms with van der Waals surface area (Å²) in [4.78, 5) is 6.69. The largest absolute Gasteiger partial charge is 0.293 e. The lowest BCUT2D eigenvalue weighted by Gasteiger charge is -2.42. The smallest absolute Gasteiger partial charge is 0.254 e. The third-order valence-electron chi connectivity index (χ3n) is 8.00. The first-order valence-electron chi connectivity index (χ1n) is 13.2. The van der Waals surface area contributed by atoms with E-state index in [9.17, 15) is 12.8 Å². The van der Waals surface area contributed by atoms with Crippen LogP contribution in [0.5, 0.6) is 0 Å². The first-order valence-corrected chi connectivity index (χ1v) is 15.5. The first-order chi connectivity index (χ1) is 18.3. The number of hydrogen-bond donors (Lipinski definition) is 0. The average Bonchev–Trinajstić information content (AvgIpc) is 3.66. The van der Waals surface area contributed by atoms with Crippen molar-refractivity contribution in [3.05, 3.63) is 70.7 Å². The number of rotatable bonds is 6. The van der Waals surface area contributed by atoms with Crippen molar-refractivity contribution in [3.8, 4) is 5.69 Å². The summed E-state index contributed by atoms with van der Waals surface area (Å²) in [6, 6.07) is 10.6. The van der Waals surface area contributed by atoms with Crippen LogP contribution < -0.4 is 0 Å². The molecule has 4 aromatic rings. The third-order valence-corrected chi connectivity index (χ3v) is 11.2. The van der Waals surface area contributed by atoms with Gasteiger partial charge in [-0.05, 0) is 80.1 Å². The van der Waals surface area contributed by atoms with Gasteiger partial charge in [0.15, 0.2) is 4.21 Å². The second kappa shape index (κ2) is 10.1. The van der Waals surface area contributed by atoms with Crippen LogP contribution in [0.4, 0.5) is 4.39 Å². The molecule has 2 fully saturated rings. The molecule has 0 spiro atoms. The standard InChI is InChI=1S/C28H32FN5O2S2/c1-19-13-26-22(15-31-34(26)24-9-7-23(29)8-10-24)14-25(19)27-18-33(38(35,36)28-16-30-20(2)37-28)12-11-32(27)17-21-5-3-4-6-21/h7-10,13-16,21,27H,3-6,11-12,17-18H2,1-2H3. The van der Waals surface area contributed by atoms with Crippen LogP contribution in [0.1, 0.15) is 47.9 Å². The molecule has 6 rings (SSSR count). The van der Waals surface area contributed by atoms with Crippen molar-refractivity contribution < 1.29 is 12.8 Å². The summed E-state index contributed by atoms with van der Waals surface area (Å²) in [5, 5.41) is 6.32. The van der Waals surface area contributed by atoms with Crippen LogP contribution in [0.15, 0.2) is 53.0 Å². The lowest BCUT2D eigenvalue weighted by Crippen LogP contribution is -2.51. The van der Waals surface area contributed by atoms with E-state index in [0.29, 0.717) is 29.8 Å². The molecule has 38 heavy (non-hydrogen) atoms. The number of benzene rings is 2. The van der Waals surface area contributed by atoms with Gasteiger partial charge in [0, 0.05) is 37.6 Å². The van der Waals surface area contributed by atoms with Gasteiger partial charge >= 0.3 is 0 Å². The topological polar surface area (TPSA) is 71.3 Å². The molecule has 0 bridgehead atoms. The Kier molecular flexibility index (Phi) is 6.84. The highest BCUT2D eigenvalue weighted by Crippen LogP contribution is 2.36. The maximum Gasteiger partial charge on any atom is 0.254 e. The molecular weight excluding hydrogens is 521 g/mol. The van der Waals surface area contributed by atoms with Gasteiger partial charge in [-0.1, -0.05) is 12.8 Å². The maximum absolute atomic E-state index is 13.5. The number of fused-ring (bicyclic) bond motifs is 1. The molecule has 2 aromatic carbocycles. The molecule has 1 saturated carbocycles. The van der Waals surface area contributed by atoms with Crippen LogP contribution >= 0.6 is 11.3 Å². The van der Waals surface area contributed by atoms with Crippen LogP contribution in [0.25, 0.3) is 16.6 Å². The molecule has 7 nitrogen and oxygen atoms in total. The third kappa shape index (κ3) is 4.79. The lowest BCUT2D eigenvalue weighted by molar-refractivity contribution is 0.100. The van der Waals surface area contributed by atoms with Gasteiger partial charge in [0.05, 0.1) is 28.6 Å². The molecule has 2 aromatic heterocycles. The molecule has 0 radical (unpaired) electrons. The molecule has 1 unspecified atom stereocenters. The minimum atomic E-state index is -3.61. The number of sulfonamides is 1. The number of thiazole rings is 1. The summed E-state index contributed by atoms with van der Waals surface area (Å²) in [5.41, 5.74) is 3.97. The van der Waals surface area contributed by atoms with E-state index in [1.807, 2.05) is 17.8 Å². The first kappa shape index (κ1) is 25.6. The molecule has 2 aliphatic rings. The summed E-state index contributed by atoms with van der Waals surface area (Å²) < 4.78 is 44.4. The van der Waals surface area contributed by atoms with Crippen molar-refractivity contribution in [2.75, 3.05) is 26.2 Å². The predicted molar refractivity (Wildman–Crippen MR) is 148 cm³/mol. The zero-order valence-electron chi connectivity index (χ0n) is 21.7. The van der Waals surface area contributed by atoms with Crippen LogP contribution in [0, 0.1) is 25.6 Å². The van der Waals surface area contributed by atoms with Crippen molar-refractivity contribution in [3.63, 3.8) is 0 Å². The van der Waals surface area contributed by atoms with E-state index in [1.165, 1.54) is 55.3 Å². The Labute approximate surface area is 227 Å². The number of aryl methyl sites for hydroxylation is 2. The highest BCUT2D eigenvalue weighted by molar-refractivity contribution is 7.91. The monoisotopic (exact) mass is 553 g/mol. The Hall–Kier alpha value is -2.66. The summed E-state index contributed by atoms with van der Waals surface area (Å²) in [6.45, 7) is 6.49. The predicted octanol–water partition coefficient (Wildman–Crippen LogP) is 5.48. The van der Waals surface area contributed by atoms with E-state index in [1.54, 1.807) is 16.4 Å². The Balaban J connectivity index is 1.37. The molecule has 10 heteroatoms. The Bertz CT molecular complexity index is 1560. The van der Waals surface area contributed by atoms with Crippen LogP contribution in [0.3, 0.4) is 0 Å². The van der Waals surface area contributed by atoms with Crippen molar-refractivity contribution in [1.29, 1.82) is 0 Å². The zero-order chi connectivity index (χ0) is 26.4. The lowest BCUT2D eigenvalue weighted by atomic mass is 9.95. The molecule has 0 amide bonds. The number of halogens is 1. The molecule has 0 N–H and O–H groups in total. The number of piperazine rings is 1. The molecule has 1 atom stereocenters. The van der Waals surface area contributed by atoms with Crippen molar-refractivity contribution in [2.45, 2.75) is 49.8 Å². The minimum absolute atomic E-state index is 0.0493. The highest BCUT2D eigenvalue weighted by Gasteiger charge is 2.37. The number of nitrogens with zero attached hydrogens (tertiary/aromatic N) is 5. The second-order valence-corrected chi connectivity index (χ2v) is 13.9. The molecule has 3 heterocycles. The Morgan fingerprint density at radius 3 is 2.53 bits per heavy atom. The zero-order valence-corrected chi connectivity index (χ0v) is 23.3. The summed E-state index contributed by atoms with van der Waals surface area (Å²) >= 11 is 1.23. The van der Waals surface area contributed by atoms with Crippen LogP contribution in [-0.2, 0) is 10.0 Å². The molecular formula is C28H32FN5O2S2. The quantitative estimate of drug-likeness (QED) is 0.316. The van der Waals surface area contributed by atoms with E-state index in [-0.39, 0.29) is 11.9 Å². The van der Waals surface area contributed by atoms with Gasteiger partial charge in [0.1, 0.15) is 5.82 Å². The van der Waals surface area contributed by atoms with Gasteiger partial charge < -0.3 is 0 Å². The Morgan fingerprint density at radius 2 is 1.82 bits per heavy atom. The van der Waals surface area contributed by atoms with E-state index in [2.05, 4.69) is 34.0 Å². The fourth-order valence-electron chi connectivity index (χ4n) is 5.98. The van der Waals surface area contributed by atoms with E-state index < -0.39 is 10.0 Å². The fourth-order valence-corrected chi connectivity index (χ4v) is 8.68. The molecule has 1 aliphatic heterocycles. The van der Waals surface area contributed by atoms with E-state index in [0.717, 1.165) is 39.3 Å². The van der Waals surface area contributed by atoms with Gasteiger partial charge in [0.2, 0.25) is 0 Å². The van der Waals surface area contributed by atoms with Crippen LogP contribution in [-0.4, -0.2) is 58.6 Å². The van der Waals surface area contributed by atoms with Gasteiger partial charge in [-0.25, -0.2) is 22.5 Å². The number of aromatic nitrogens is 3. The van der Waals surface area contributed by atoms with Gasteiger partial charge in [-0.3, -0.25) is 4.90 Å². The van der Waals surface area contributed by atoms with Gasteiger partial charge in [-0.2, -0.15) is 9.40 Å². The maximum atomic E-state index is 13.5. The minimum Gasteiger partial charge on any atom is -0.293 e. The van der Waals surface area contributed by atoms with Crippen LogP contribution in [0.2, 0.25) is 0 Å². The van der Waals surface area contributed by atoms with Gasteiger partial charge in [0.25, 0.3) is 10.0 Å². The second-order valence-electron chi connectivity index (χ2n) is 10.5. The summed E-state index contributed by atoms with van der Waals surface area (Å²) in [5.74, 6) is 0.381. The molecule has 1 aliphatic carbocycles.